The Kier molecular flexibility index (Phi) is 4.64. The predicted molar refractivity (Wildman–Crippen MR) is 84.2 cm³/mol. The van der Waals surface area contributed by atoms with E-state index in [4.69, 9.17) is 10.00 Å². The quantitative estimate of drug-likeness (QED) is 0.799. The zero-order chi connectivity index (χ0) is 16.6. The maximum absolute atomic E-state index is 13.5. The molecular formula is C18H27FN2O2. The number of amides is 1. The number of fused-ring (bicyclic) bond motifs is 1. The van der Waals surface area contributed by atoms with E-state index in [0.717, 1.165) is 43.9 Å². The van der Waals surface area contributed by atoms with Gasteiger partial charge in [-0.1, -0.05) is 6.92 Å². The lowest BCUT2D eigenvalue weighted by atomic mass is 9.81. The van der Waals surface area contributed by atoms with Crippen LogP contribution in [-0.2, 0) is 9.53 Å². The lowest BCUT2D eigenvalue weighted by Gasteiger charge is -2.27. The fourth-order valence-electron chi connectivity index (χ4n) is 5.14. The van der Waals surface area contributed by atoms with Crippen LogP contribution in [0.15, 0.2) is 0 Å². The summed E-state index contributed by atoms with van der Waals surface area (Å²) in [6, 6.07) is 1.48. The summed E-state index contributed by atoms with van der Waals surface area (Å²) >= 11 is 0. The van der Waals surface area contributed by atoms with Crippen molar-refractivity contribution in [2.45, 2.75) is 70.2 Å². The zero-order valence-electron chi connectivity index (χ0n) is 14.1. The van der Waals surface area contributed by atoms with Crippen molar-refractivity contribution in [3.63, 3.8) is 0 Å². The molecule has 0 aromatic rings. The van der Waals surface area contributed by atoms with Crippen LogP contribution in [0.1, 0.15) is 51.9 Å². The van der Waals surface area contributed by atoms with Gasteiger partial charge in [0, 0.05) is 20.0 Å². The summed E-state index contributed by atoms with van der Waals surface area (Å²) in [4.78, 5) is 13.8. The van der Waals surface area contributed by atoms with Crippen molar-refractivity contribution < 1.29 is 13.9 Å². The molecule has 23 heavy (non-hydrogen) atoms. The van der Waals surface area contributed by atoms with Gasteiger partial charge in [0.1, 0.15) is 12.2 Å². The maximum atomic E-state index is 13.5. The van der Waals surface area contributed by atoms with E-state index in [1.165, 1.54) is 4.90 Å². The van der Waals surface area contributed by atoms with Gasteiger partial charge >= 0.3 is 0 Å². The number of carbonyl (C=O) groups is 1. The first-order valence-corrected chi connectivity index (χ1v) is 8.80. The molecule has 1 saturated heterocycles. The van der Waals surface area contributed by atoms with Gasteiger partial charge in [0.25, 0.3) is 0 Å². The van der Waals surface area contributed by atoms with E-state index >= 15 is 0 Å². The van der Waals surface area contributed by atoms with Crippen LogP contribution in [0, 0.1) is 28.6 Å². The predicted octanol–water partition coefficient (Wildman–Crippen LogP) is 3.07. The number of methoxy groups -OCH3 is 1. The molecule has 0 spiro atoms. The molecule has 2 aliphatic carbocycles. The summed E-state index contributed by atoms with van der Waals surface area (Å²) in [6.07, 6.45) is 5.46. The summed E-state index contributed by atoms with van der Waals surface area (Å²) in [6.45, 7) is 2.37. The number of nitriles is 1. The topological polar surface area (TPSA) is 53.3 Å². The van der Waals surface area contributed by atoms with Crippen molar-refractivity contribution in [2.24, 2.45) is 17.3 Å². The number of carbonyl (C=O) groups excluding carboxylic acids is 1. The van der Waals surface area contributed by atoms with E-state index in [2.05, 4.69) is 13.0 Å². The summed E-state index contributed by atoms with van der Waals surface area (Å²) in [5, 5.41) is 9.07. The van der Waals surface area contributed by atoms with Crippen molar-refractivity contribution in [1.29, 1.82) is 5.26 Å². The number of rotatable bonds is 4. The Morgan fingerprint density at radius 2 is 2.00 bits per heavy atom. The molecule has 128 valence electrons. The largest absolute Gasteiger partial charge is 0.381 e. The maximum Gasteiger partial charge on any atom is 0.223 e. The number of nitrogens with zero attached hydrogens (tertiary/aromatic N) is 2. The molecule has 3 fully saturated rings. The number of alkyl halides is 1. The number of ether oxygens (including phenoxy) is 1. The second kappa shape index (κ2) is 6.39. The Morgan fingerprint density at radius 3 is 2.57 bits per heavy atom. The molecule has 0 bridgehead atoms. The molecule has 1 aliphatic heterocycles. The van der Waals surface area contributed by atoms with Crippen LogP contribution in [0.5, 0.6) is 0 Å². The van der Waals surface area contributed by atoms with Crippen molar-refractivity contribution >= 4 is 5.91 Å². The molecular weight excluding hydrogens is 295 g/mol. The molecule has 0 radical (unpaired) electrons. The van der Waals surface area contributed by atoms with Gasteiger partial charge < -0.3 is 9.64 Å². The van der Waals surface area contributed by atoms with E-state index in [0.29, 0.717) is 12.5 Å². The molecule has 0 aromatic carbocycles. The molecule has 1 heterocycles. The number of hydrogen-bond donors (Lipinski definition) is 0. The molecule has 3 rings (SSSR count). The Bertz CT molecular complexity index is 490. The fourth-order valence-corrected chi connectivity index (χ4v) is 5.14. The molecule has 2 saturated carbocycles. The van der Waals surface area contributed by atoms with Crippen LogP contribution in [0.3, 0.4) is 0 Å². The average molecular weight is 322 g/mol. The van der Waals surface area contributed by atoms with Gasteiger partial charge in [0.2, 0.25) is 5.91 Å². The first-order chi connectivity index (χ1) is 10.9. The number of halogens is 1. The van der Waals surface area contributed by atoms with Crippen molar-refractivity contribution in [3.8, 4) is 6.07 Å². The van der Waals surface area contributed by atoms with Gasteiger partial charge in [-0.05, 0) is 49.4 Å². The van der Waals surface area contributed by atoms with Gasteiger partial charge in [0.05, 0.1) is 18.7 Å². The number of likely N-dealkylation sites (tertiary alicyclic amines) is 1. The Morgan fingerprint density at radius 1 is 1.35 bits per heavy atom. The molecule has 0 N–H and O–H groups in total. The highest BCUT2D eigenvalue weighted by molar-refractivity contribution is 5.77. The van der Waals surface area contributed by atoms with E-state index < -0.39 is 12.2 Å². The lowest BCUT2D eigenvalue weighted by molar-refractivity contribution is -0.132. The van der Waals surface area contributed by atoms with Gasteiger partial charge in [0.15, 0.2) is 0 Å². The molecule has 5 heteroatoms. The zero-order valence-corrected chi connectivity index (χ0v) is 14.1. The first-order valence-electron chi connectivity index (χ1n) is 8.80. The number of hydrogen-bond acceptors (Lipinski definition) is 3. The summed E-state index contributed by atoms with van der Waals surface area (Å²) in [5.74, 6) is 1.41. The van der Waals surface area contributed by atoms with Gasteiger partial charge in [-0.25, -0.2) is 4.39 Å². The highest BCUT2D eigenvalue weighted by Crippen LogP contribution is 2.55. The van der Waals surface area contributed by atoms with E-state index in [9.17, 15) is 9.18 Å². The molecule has 6 atom stereocenters. The molecule has 2 unspecified atom stereocenters. The third-order valence-electron chi connectivity index (χ3n) is 6.30. The minimum Gasteiger partial charge on any atom is -0.381 e. The Balaban J connectivity index is 1.51. The van der Waals surface area contributed by atoms with Crippen LogP contribution in [0.25, 0.3) is 0 Å². The van der Waals surface area contributed by atoms with Crippen LogP contribution >= 0.6 is 0 Å². The van der Waals surface area contributed by atoms with Gasteiger partial charge in [-0.15, -0.1) is 0 Å². The summed E-state index contributed by atoms with van der Waals surface area (Å²) in [7, 11) is 1.80. The third kappa shape index (κ3) is 3.38. The van der Waals surface area contributed by atoms with E-state index in [-0.39, 0.29) is 24.3 Å². The lowest BCUT2D eigenvalue weighted by Crippen LogP contribution is -2.35. The SMILES string of the molecule is COC1C[C@@H]2CC(C)(CCC(=O)N3C[C@@H](F)C[C@H]3C#N)C[C@@H]2C1. The summed E-state index contributed by atoms with van der Waals surface area (Å²) in [5.41, 5.74) is 0.209. The normalized spacial score (nSPS) is 42.7. The van der Waals surface area contributed by atoms with Crippen molar-refractivity contribution in [1.82, 2.24) is 4.90 Å². The Hall–Kier alpha value is -1.15. The third-order valence-corrected chi connectivity index (χ3v) is 6.30. The minimum atomic E-state index is -1.05. The molecule has 1 amide bonds. The monoisotopic (exact) mass is 322 g/mol. The van der Waals surface area contributed by atoms with Crippen LogP contribution < -0.4 is 0 Å². The molecule has 3 aliphatic rings. The van der Waals surface area contributed by atoms with Gasteiger partial charge in [-0.3, -0.25) is 4.79 Å². The van der Waals surface area contributed by atoms with Crippen LogP contribution in [-0.4, -0.2) is 42.8 Å². The summed E-state index contributed by atoms with van der Waals surface area (Å²) < 4.78 is 18.9. The second-order valence-corrected chi connectivity index (χ2v) is 8.09. The first kappa shape index (κ1) is 16.7. The Labute approximate surface area is 138 Å². The van der Waals surface area contributed by atoms with Gasteiger partial charge in [-0.2, -0.15) is 5.26 Å². The van der Waals surface area contributed by atoms with Crippen LogP contribution in [0.2, 0.25) is 0 Å². The highest BCUT2D eigenvalue weighted by atomic mass is 19.1. The minimum absolute atomic E-state index is 0.0512. The standard InChI is InChI=1S/C18H27FN2O2/c1-18(8-12-5-16(23-2)6-13(12)9-18)4-3-17(22)21-11-14(19)7-15(21)10-20/h12-16H,3-9,11H2,1-2H3/t12-,13+,14-,15-,16?,18?/m0/s1. The van der Waals surface area contributed by atoms with E-state index in [1.807, 2.05) is 0 Å². The fraction of sp³-hybridized carbons (Fsp3) is 0.889. The molecule has 4 nitrogen and oxygen atoms in total. The second-order valence-electron chi connectivity index (χ2n) is 8.09. The molecule has 0 aromatic heterocycles. The van der Waals surface area contributed by atoms with E-state index in [1.54, 1.807) is 7.11 Å². The smallest absolute Gasteiger partial charge is 0.223 e. The average Bonchev–Trinajstić information content (AvgIpc) is 3.15. The van der Waals surface area contributed by atoms with Crippen molar-refractivity contribution in [2.75, 3.05) is 13.7 Å². The van der Waals surface area contributed by atoms with Crippen molar-refractivity contribution in [3.05, 3.63) is 0 Å². The van der Waals surface area contributed by atoms with Crippen LogP contribution in [0.4, 0.5) is 4.39 Å². The highest BCUT2D eigenvalue weighted by Gasteiger charge is 2.47.